The summed E-state index contributed by atoms with van der Waals surface area (Å²) in [6.45, 7) is 1.01. The summed E-state index contributed by atoms with van der Waals surface area (Å²) >= 11 is 5.81. The van der Waals surface area contributed by atoms with Gasteiger partial charge in [-0.15, -0.1) is 0 Å². The Hall–Kier alpha value is -3.59. The number of carbonyl (C=O) groups is 2. The molecular weight excluding hydrogens is 404 g/mol. The molecule has 10 heteroatoms. The van der Waals surface area contributed by atoms with Crippen LogP contribution in [0.15, 0.2) is 40.8 Å². The quantitative estimate of drug-likeness (QED) is 0.363. The number of amides is 1. The Balaban J connectivity index is 1.70. The van der Waals surface area contributed by atoms with Crippen molar-refractivity contribution in [3.8, 4) is 5.75 Å². The van der Waals surface area contributed by atoms with E-state index in [1.165, 1.54) is 19.2 Å². The highest BCUT2D eigenvalue weighted by Crippen LogP contribution is 2.30. The molecule has 0 aliphatic rings. The zero-order valence-electron chi connectivity index (χ0n) is 15.4. The minimum Gasteiger partial charge on any atom is -0.497 e. The predicted octanol–water partition coefficient (Wildman–Crippen LogP) is 4.11. The first-order chi connectivity index (χ1) is 13.8. The highest BCUT2D eigenvalue weighted by atomic mass is 35.5. The molecule has 1 amide bonds. The van der Waals surface area contributed by atoms with Crippen molar-refractivity contribution in [3.05, 3.63) is 62.9 Å². The summed E-state index contributed by atoms with van der Waals surface area (Å²) in [6.07, 6.45) is 0. The van der Waals surface area contributed by atoms with Crippen molar-refractivity contribution in [1.82, 2.24) is 0 Å². The van der Waals surface area contributed by atoms with Crippen molar-refractivity contribution in [2.45, 2.75) is 6.92 Å². The van der Waals surface area contributed by atoms with Gasteiger partial charge in [0.1, 0.15) is 17.0 Å². The lowest BCUT2D eigenvalue weighted by Crippen LogP contribution is -2.21. The van der Waals surface area contributed by atoms with Gasteiger partial charge in [0, 0.05) is 22.0 Å². The SMILES string of the molecule is COc1ccc2oc(C(=O)OCC(=O)Nc3cc(Cl)ccc3[N+](=O)[O-])c(C)c2c1. The number of nitro groups is 1. The fraction of sp³-hybridized carbons (Fsp3) is 0.158. The molecule has 2 aromatic carbocycles. The van der Waals surface area contributed by atoms with Crippen LogP contribution in [0.2, 0.25) is 5.02 Å². The van der Waals surface area contributed by atoms with Gasteiger partial charge in [0.2, 0.25) is 5.76 Å². The van der Waals surface area contributed by atoms with Crippen LogP contribution in [0.25, 0.3) is 11.0 Å². The van der Waals surface area contributed by atoms with E-state index in [-0.39, 0.29) is 22.2 Å². The molecule has 1 aromatic heterocycles. The normalized spacial score (nSPS) is 10.6. The van der Waals surface area contributed by atoms with E-state index in [0.717, 1.165) is 6.07 Å². The van der Waals surface area contributed by atoms with Crippen LogP contribution in [0.3, 0.4) is 0 Å². The molecule has 0 bridgehead atoms. The fourth-order valence-electron chi connectivity index (χ4n) is 2.67. The van der Waals surface area contributed by atoms with Gasteiger partial charge < -0.3 is 19.2 Å². The number of esters is 1. The number of anilines is 1. The van der Waals surface area contributed by atoms with Crippen molar-refractivity contribution >= 4 is 45.8 Å². The smallest absolute Gasteiger partial charge is 0.375 e. The largest absolute Gasteiger partial charge is 0.497 e. The predicted molar refractivity (Wildman–Crippen MR) is 105 cm³/mol. The molecular formula is C19H15ClN2O7. The molecule has 0 unspecified atom stereocenters. The van der Waals surface area contributed by atoms with E-state index in [9.17, 15) is 19.7 Å². The first-order valence-corrected chi connectivity index (χ1v) is 8.66. The first-order valence-electron chi connectivity index (χ1n) is 8.28. The number of methoxy groups -OCH3 is 1. The Morgan fingerprint density at radius 3 is 2.69 bits per heavy atom. The average molecular weight is 419 g/mol. The Kier molecular flexibility index (Phi) is 5.69. The second-order valence-electron chi connectivity index (χ2n) is 5.96. The van der Waals surface area contributed by atoms with Crippen molar-refractivity contribution in [2.75, 3.05) is 19.0 Å². The third-order valence-corrected chi connectivity index (χ3v) is 4.33. The fourth-order valence-corrected chi connectivity index (χ4v) is 2.84. The molecule has 3 rings (SSSR count). The van der Waals surface area contributed by atoms with E-state index in [2.05, 4.69) is 5.32 Å². The van der Waals surface area contributed by atoms with Crippen molar-refractivity contribution in [2.24, 2.45) is 0 Å². The van der Waals surface area contributed by atoms with Gasteiger partial charge in [-0.05, 0) is 37.3 Å². The molecule has 0 atom stereocenters. The Morgan fingerprint density at radius 2 is 2.00 bits per heavy atom. The molecule has 0 radical (unpaired) electrons. The number of fused-ring (bicyclic) bond motifs is 1. The molecule has 0 saturated carbocycles. The minimum atomic E-state index is -0.839. The Morgan fingerprint density at radius 1 is 1.24 bits per heavy atom. The molecule has 29 heavy (non-hydrogen) atoms. The second-order valence-corrected chi connectivity index (χ2v) is 6.40. The summed E-state index contributed by atoms with van der Waals surface area (Å²) in [7, 11) is 1.52. The summed E-state index contributed by atoms with van der Waals surface area (Å²) < 4.78 is 15.6. The number of aryl methyl sites for hydroxylation is 1. The molecule has 0 aliphatic carbocycles. The number of benzene rings is 2. The number of nitro benzene ring substituents is 1. The number of nitrogens with one attached hydrogen (secondary N) is 1. The number of furan rings is 1. The van der Waals surface area contributed by atoms with Crippen LogP contribution >= 0.6 is 11.6 Å². The molecule has 1 heterocycles. The van der Waals surface area contributed by atoms with E-state index >= 15 is 0 Å². The number of hydrogen-bond acceptors (Lipinski definition) is 7. The Labute approximate surface area is 169 Å². The molecule has 0 saturated heterocycles. The molecule has 0 aliphatic heterocycles. The maximum atomic E-state index is 12.3. The zero-order chi connectivity index (χ0) is 21.1. The van der Waals surface area contributed by atoms with Crippen LogP contribution in [0, 0.1) is 17.0 Å². The maximum Gasteiger partial charge on any atom is 0.375 e. The van der Waals surface area contributed by atoms with Crippen LogP contribution in [-0.4, -0.2) is 30.5 Å². The molecule has 3 aromatic rings. The van der Waals surface area contributed by atoms with Gasteiger partial charge in [0.15, 0.2) is 6.61 Å². The number of carbonyl (C=O) groups excluding carboxylic acids is 2. The monoisotopic (exact) mass is 418 g/mol. The van der Waals surface area contributed by atoms with Crippen LogP contribution in [0.5, 0.6) is 5.75 Å². The average Bonchev–Trinajstić information content (AvgIpc) is 3.02. The molecule has 9 nitrogen and oxygen atoms in total. The van der Waals surface area contributed by atoms with Gasteiger partial charge in [0.05, 0.1) is 12.0 Å². The standard InChI is InChI=1S/C19H15ClN2O7/c1-10-13-8-12(27-2)4-6-16(13)29-18(10)19(24)28-9-17(23)21-14-7-11(20)3-5-15(14)22(25)26/h3-8H,9H2,1-2H3,(H,21,23). The van der Waals surface area contributed by atoms with Crippen LogP contribution < -0.4 is 10.1 Å². The van der Waals surface area contributed by atoms with E-state index in [1.54, 1.807) is 25.1 Å². The van der Waals surface area contributed by atoms with Crippen LogP contribution in [0.4, 0.5) is 11.4 Å². The van der Waals surface area contributed by atoms with E-state index in [1.807, 2.05) is 0 Å². The van der Waals surface area contributed by atoms with Gasteiger partial charge in [-0.3, -0.25) is 14.9 Å². The summed E-state index contributed by atoms with van der Waals surface area (Å²) in [4.78, 5) is 34.8. The molecule has 0 spiro atoms. The topological polar surface area (TPSA) is 121 Å². The maximum absolute atomic E-state index is 12.3. The number of rotatable bonds is 6. The minimum absolute atomic E-state index is 0.0465. The lowest BCUT2D eigenvalue weighted by atomic mass is 10.1. The van der Waals surface area contributed by atoms with Crippen molar-refractivity contribution in [3.63, 3.8) is 0 Å². The summed E-state index contributed by atoms with van der Waals surface area (Å²) in [5.41, 5.74) is 0.566. The van der Waals surface area contributed by atoms with E-state index in [0.29, 0.717) is 22.3 Å². The lowest BCUT2D eigenvalue weighted by Gasteiger charge is -2.07. The summed E-state index contributed by atoms with van der Waals surface area (Å²) in [5, 5.41) is 14.2. The van der Waals surface area contributed by atoms with Gasteiger partial charge in [-0.2, -0.15) is 0 Å². The third kappa shape index (κ3) is 4.30. The van der Waals surface area contributed by atoms with E-state index < -0.39 is 23.4 Å². The van der Waals surface area contributed by atoms with Gasteiger partial charge >= 0.3 is 5.97 Å². The third-order valence-electron chi connectivity index (χ3n) is 4.09. The van der Waals surface area contributed by atoms with Crippen LogP contribution in [-0.2, 0) is 9.53 Å². The van der Waals surface area contributed by atoms with Crippen molar-refractivity contribution in [1.29, 1.82) is 0 Å². The van der Waals surface area contributed by atoms with Crippen LogP contribution in [0.1, 0.15) is 16.1 Å². The zero-order valence-corrected chi connectivity index (χ0v) is 16.1. The lowest BCUT2D eigenvalue weighted by molar-refractivity contribution is -0.383. The molecule has 150 valence electrons. The number of ether oxygens (including phenoxy) is 2. The highest BCUT2D eigenvalue weighted by Gasteiger charge is 2.22. The van der Waals surface area contributed by atoms with Gasteiger partial charge in [0.25, 0.3) is 11.6 Å². The second kappa shape index (κ2) is 8.19. The number of halogens is 1. The number of nitrogens with zero attached hydrogens (tertiary/aromatic N) is 1. The number of hydrogen-bond donors (Lipinski definition) is 1. The first kappa shape index (κ1) is 20.2. The van der Waals surface area contributed by atoms with E-state index in [4.69, 9.17) is 25.5 Å². The summed E-state index contributed by atoms with van der Waals surface area (Å²) in [5.74, 6) is -1.05. The Bertz CT molecular complexity index is 1120. The summed E-state index contributed by atoms with van der Waals surface area (Å²) in [6, 6.07) is 8.78. The highest BCUT2D eigenvalue weighted by molar-refractivity contribution is 6.31. The van der Waals surface area contributed by atoms with Gasteiger partial charge in [-0.25, -0.2) is 4.79 Å². The molecule has 0 fully saturated rings. The van der Waals surface area contributed by atoms with Gasteiger partial charge in [-0.1, -0.05) is 11.6 Å². The van der Waals surface area contributed by atoms with Crippen molar-refractivity contribution < 1.29 is 28.4 Å². The molecule has 1 N–H and O–H groups in total.